The minimum atomic E-state index is 0.394. The minimum Gasteiger partial charge on any atom is -0.359 e. The maximum Gasteiger partial charge on any atom is 0.171 e. The van der Waals surface area contributed by atoms with E-state index in [2.05, 4.69) is 70.4 Å². The number of thiocarbonyl (C=S) groups is 1. The predicted molar refractivity (Wildman–Crippen MR) is 88.7 cm³/mol. The minimum absolute atomic E-state index is 0.394. The van der Waals surface area contributed by atoms with E-state index in [1.54, 1.807) is 0 Å². The lowest BCUT2D eigenvalue weighted by Crippen LogP contribution is -2.44. The van der Waals surface area contributed by atoms with Crippen LogP contribution < -0.4 is 10.6 Å². The lowest BCUT2D eigenvalue weighted by molar-refractivity contribution is 0.356. The Labute approximate surface area is 123 Å². The Kier molecular flexibility index (Phi) is 5.80. The summed E-state index contributed by atoms with van der Waals surface area (Å²) in [5.41, 5.74) is 3.53. The lowest BCUT2D eigenvalue weighted by Gasteiger charge is -2.27. The zero-order chi connectivity index (χ0) is 14.6. The van der Waals surface area contributed by atoms with Gasteiger partial charge in [0.15, 0.2) is 5.11 Å². The lowest BCUT2D eigenvalue weighted by atomic mass is 9.93. The summed E-state index contributed by atoms with van der Waals surface area (Å²) < 4.78 is 0. The Balaban J connectivity index is 2.72. The van der Waals surface area contributed by atoms with Gasteiger partial charge in [-0.15, -0.1) is 0 Å². The van der Waals surface area contributed by atoms with E-state index in [1.165, 1.54) is 11.1 Å². The van der Waals surface area contributed by atoms with Crippen LogP contribution in [0.5, 0.6) is 0 Å². The molecule has 0 aliphatic rings. The van der Waals surface area contributed by atoms with Crippen molar-refractivity contribution in [3.63, 3.8) is 0 Å². The van der Waals surface area contributed by atoms with Crippen LogP contribution in [0.15, 0.2) is 18.2 Å². The highest BCUT2D eigenvalue weighted by molar-refractivity contribution is 7.80. The number of hydrogen-bond donors (Lipinski definition) is 2. The fourth-order valence-electron chi connectivity index (χ4n) is 2.28. The van der Waals surface area contributed by atoms with Gasteiger partial charge in [-0.25, -0.2) is 0 Å². The Morgan fingerprint density at radius 2 is 1.63 bits per heavy atom. The van der Waals surface area contributed by atoms with Crippen LogP contribution in [0, 0.1) is 25.7 Å². The molecule has 1 aromatic rings. The Hall–Kier alpha value is -1.09. The molecule has 0 bridgehead atoms. The van der Waals surface area contributed by atoms with Crippen molar-refractivity contribution in [3.8, 4) is 0 Å². The van der Waals surface area contributed by atoms with Gasteiger partial charge in [-0.05, 0) is 55.1 Å². The first-order valence-electron chi connectivity index (χ1n) is 6.96. The van der Waals surface area contributed by atoms with Gasteiger partial charge < -0.3 is 10.6 Å². The molecule has 0 heterocycles. The first-order chi connectivity index (χ1) is 8.81. The quantitative estimate of drug-likeness (QED) is 0.804. The average Bonchev–Trinajstić information content (AvgIpc) is 2.30. The SMILES string of the molecule is Cc1ccc(C)c(NC(=S)NC(C(C)C)C(C)C)c1. The predicted octanol–water partition coefficient (Wildman–Crippen LogP) is 4.27. The van der Waals surface area contributed by atoms with Gasteiger partial charge in [0.1, 0.15) is 0 Å². The summed E-state index contributed by atoms with van der Waals surface area (Å²) in [4.78, 5) is 0. The summed E-state index contributed by atoms with van der Waals surface area (Å²) in [6.07, 6.45) is 0. The summed E-state index contributed by atoms with van der Waals surface area (Å²) in [6, 6.07) is 6.75. The summed E-state index contributed by atoms with van der Waals surface area (Å²) in [6.45, 7) is 13.1. The highest BCUT2D eigenvalue weighted by Crippen LogP contribution is 2.17. The molecule has 1 aromatic carbocycles. The van der Waals surface area contributed by atoms with Gasteiger partial charge in [0.2, 0.25) is 0 Å². The van der Waals surface area contributed by atoms with Crippen LogP contribution >= 0.6 is 12.2 Å². The molecule has 0 fully saturated rings. The van der Waals surface area contributed by atoms with Crippen molar-refractivity contribution in [2.24, 2.45) is 11.8 Å². The largest absolute Gasteiger partial charge is 0.359 e. The van der Waals surface area contributed by atoms with Gasteiger partial charge in [0.25, 0.3) is 0 Å². The van der Waals surface area contributed by atoms with Crippen LogP contribution in [0.4, 0.5) is 5.69 Å². The normalized spacial score (nSPS) is 11.2. The molecule has 106 valence electrons. The molecular formula is C16H26N2S. The van der Waals surface area contributed by atoms with Gasteiger partial charge in [-0.3, -0.25) is 0 Å². The van der Waals surface area contributed by atoms with Gasteiger partial charge in [0, 0.05) is 11.7 Å². The Morgan fingerprint density at radius 1 is 1.05 bits per heavy atom. The van der Waals surface area contributed by atoms with E-state index < -0.39 is 0 Å². The molecule has 0 aliphatic carbocycles. The van der Waals surface area contributed by atoms with Gasteiger partial charge in [0.05, 0.1) is 0 Å². The smallest absolute Gasteiger partial charge is 0.171 e. The van der Waals surface area contributed by atoms with Crippen LogP contribution in [-0.2, 0) is 0 Å². The maximum absolute atomic E-state index is 5.43. The van der Waals surface area contributed by atoms with E-state index in [0.717, 1.165) is 5.69 Å². The van der Waals surface area contributed by atoms with Gasteiger partial charge in [-0.1, -0.05) is 39.8 Å². The van der Waals surface area contributed by atoms with Crippen molar-refractivity contribution in [1.29, 1.82) is 0 Å². The van der Waals surface area contributed by atoms with E-state index in [4.69, 9.17) is 12.2 Å². The standard InChI is InChI=1S/C16H26N2S/c1-10(2)15(11(3)4)18-16(19)17-14-9-12(5)7-8-13(14)6/h7-11,15H,1-6H3,(H2,17,18,19). The number of anilines is 1. The number of nitrogens with one attached hydrogen (secondary N) is 2. The number of aryl methyl sites for hydroxylation is 2. The van der Waals surface area contributed by atoms with E-state index >= 15 is 0 Å². The van der Waals surface area contributed by atoms with Gasteiger partial charge >= 0.3 is 0 Å². The van der Waals surface area contributed by atoms with E-state index in [0.29, 0.717) is 23.0 Å². The van der Waals surface area contributed by atoms with Crippen molar-refractivity contribution in [3.05, 3.63) is 29.3 Å². The van der Waals surface area contributed by atoms with Crippen LogP contribution in [0.25, 0.3) is 0 Å². The van der Waals surface area contributed by atoms with Crippen LogP contribution in [0.3, 0.4) is 0 Å². The van der Waals surface area contributed by atoms with Crippen molar-refractivity contribution in [2.45, 2.75) is 47.6 Å². The third-order valence-corrected chi connectivity index (χ3v) is 3.60. The zero-order valence-electron chi connectivity index (χ0n) is 12.9. The summed E-state index contributed by atoms with van der Waals surface area (Å²) in [5.74, 6) is 1.11. The van der Waals surface area contributed by atoms with Crippen molar-refractivity contribution >= 4 is 23.0 Å². The monoisotopic (exact) mass is 278 g/mol. The van der Waals surface area contributed by atoms with E-state index in [1.807, 2.05) is 0 Å². The summed E-state index contributed by atoms with van der Waals surface area (Å²) in [7, 11) is 0. The maximum atomic E-state index is 5.43. The fraction of sp³-hybridized carbons (Fsp3) is 0.562. The topological polar surface area (TPSA) is 24.1 Å². The third-order valence-electron chi connectivity index (χ3n) is 3.38. The molecule has 19 heavy (non-hydrogen) atoms. The van der Waals surface area contributed by atoms with E-state index in [9.17, 15) is 0 Å². The Morgan fingerprint density at radius 3 is 2.16 bits per heavy atom. The molecule has 0 unspecified atom stereocenters. The molecule has 0 spiro atoms. The molecule has 0 saturated heterocycles. The molecule has 1 rings (SSSR count). The molecule has 0 radical (unpaired) electrons. The van der Waals surface area contributed by atoms with Crippen LogP contribution in [0.1, 0.15) is 38.8 Å². The number of hydrogen-bond acceptors (Lipinski definition) is 1. The molecule has 0 saturated carbocycles. The molecule has 0 aromatic heterocycles. The third kappa shape index (κ3) is 4.83. The second-order valence-corrected chi connectivity index (χ2v) is 6.34. The number of rotatable bonds is 4. The highest BCUT2D eigenvalue weighted by Gasteiger charge is 2.18. The second-order valence-electron chi connectivity index (χ2n) is 5.93. The van der Waals surface area contributed by atoms with Crippen LogP contribution in [-0.4, -0.2) is 11.2 Å². The molecule has 2 N–H and O–H groups in total. The summed E-state index contributed by atoms with van der Waals surface area (Å²) in [5, 5.41) is 7.45. The van der Waals surface area contributed by atoms with Crippen molar-refractivity contribution in [1.82, 2.24) is 5.32 Å². The van der Waals surface area contributed by atoms with Gasteiger partial charge in [-0.2, -0.15) is 0 Å². The fourth-order valence-corrected chi connectivity index (χ4v) is 2.53. The molecular weight excluding hydrogens is 252 g/mol. The summed E-state index contributed by atoms with van der Waals surface area (Å²) >= 11 is 5.43. The molecule has 2 nitrogen and oxygen atoms in total. The Bertz CT molecular complexity index is 430. The van der Waals surface area contributed by atoms with Crippen molar-refractivity contribution < 1.29 is 0 Å². The molecule has 0 aliphatic heterocycles. The average molecular weight is 278 g/mol. The van der Waals surface area contributed by atoms with Crippen LogP contribution in [0.2, 0.25) is 0 Å². The zero-order valence-corrected chi connectivity index (χ0v) is 13.7. The molecule has 0 amide bonds. The number of benzene rings is 1. The molecule has 0 atom stereocenters. The van der Waals surface area contributed by atoms with E-state index in [-0.39, 0.29) is 0 Å². The molecule has 3 heteroatoms. The highest BCUT2D eigenvalue weighted by atomic mass is 32.1. The first kappa shape index (κ1) is 16.0. The second kappa shape index (κ2) is 6.90. The first-order valence-corrected chi connectivity index (χ1v) is 7.37. The van der Waals surface area contributed by atoms with Crippen molar-refractivity contribution in [2.75, 3.05) is 5.32 Å².